The van der Waals surface area contributed by atoms with Crippen molar-refractivity contribution in [3.8, 4) is 0 Å². The number of halogens is 2. The van der Waals surface area contributed by atoms with E-state index in [1.54, 1.807) is 0 Å². The third-order valence-corrected chi connectivity index (χ3v) is 4.79. The molecule has 29 heavy (non-hydrogen) atoms. The van der Waals surface area contributed by atoms with Gasteiger partial charge in [-0.25, -0.2) is 18.6 Å². The van der Waals surface area contributed by atoms with Crippen molar-refractivity contribution in [1.29, 1.82) is 10.8 Å². The Hall–Kier alpha value is -3.30. The number of amides is 1. The average Bonchev–Trinajstić information content (AvgIpc) is 2.73. The van der Waals surface area contributed by atoms with Crippen molar-refractivity contribution in [2.45, 2.75) is 19.2 Å². The minimum atomic E-state index is -1.25. The van der Waals surface area contributed by atoms with E-state index >= 15 is 0 Å². The number of piperidine rings is 1. The van der Waals surface area contributed by atoms with Gasteiger partial charge in [0.25, 0.3) is 0 Å². The maximum absolute atomic E-state index is 14.6. The number of aromatic nitrogens is 2. The number of alkyl halides is 1. The Labute approximate surface area is 166 Å². The molecule has 154 valence electrons. The number of nitrogens with one attached hydrogen (secondary N) is 3. The lowest BCUT2D eigenvalue weighted by Crippen LogP contribution is -2.47. The summed E-state index contributed by atoms with van der Waals surface area (Å²) in [6.07, 6.45) is 2.51. The van der Waals surface area contributed by atoms with Gasteiger partial charge in [-0.05, 0) is 24.1 Å². The van der Waals surface area contributed by atoms with Crippen LogP contribution in [0.25, 0.3) is 0 Å². The van der Waals surface area contributed by atoms with E-state index in [4.69, 9.17) is 15.6 Å². The van der Waals surface area contributed by atoms with Crippen LogP contribution in [0.1, 0.15) is 12.0 Å². The smallest absolute Gasteiger partial charge is 0.410 e. The maximum atomic E-state index is 14.6. The first-order valence-electron chi connectivity index (χ1n) is 9.14. The van der Waals surface area contributed by atoms with E-state index in [9.17, 15) is 13.6 Å². The summed E-state index contributed by atoms with van der Waals surface area (Å²) in [6.45, 7) is 0.535. The van der Waals surface area contributed by atoms with Crippen LogP contribution in [0.4, 0.5) is 19.4 Å². The van der Waals surface area contributed by atoms with Crippen LogP contribution in [-0.4, -0.2) is 52.7 Å². The van der Waals surface area contributed by atoms with Gasteiger partial charge in [0.1, 0.15) is 18.6 Å². The molecule has 1 amide bonds. The molecule has 0 unspecified atom stereocenters. The van der Waals surface area contributed by atoms with Crippen molar-refractivity contribution >= 4 is 18.2 Å². The Morgan fingerprint density at radius 3 is 2.83 bits per heavy atom. The fourth-order valence-electron chi connectivity index (χ4n) is 3.07. The molecule has 1 fully saturated rings. The van der Waals surface area contributed by atoms with Crippen molar-refractivity contribution in [1.82, 2.24) is 14.5 Å². The molecule has 1 aromatic heterocycles. The summed E-state index contributed by atoms with van der Waals surface area (Å²) in [5.74, 6) is -0.442. The van der Waals surface area contributed by atoms with E-state index in [0.29, 0.717) is 18.5 Å². The number of anilines is 1. The molecule has 0 spiro atoms. The topological polar surface area (TPSA) is 107 Å². The molecular weight excluding hydrogens is 382 g/mol. The molecule has 0 bridgehead atoms. The molecule has 1 aromatic carbocycles. The molecule has 2 atom stereocenters. The predicted molar refractivity (Wildman–Crippen MR) is 102 cm³/mol. The summed E-state index contributed by atoms with van der Waals surface area (Å²) in [5, 5.41) is 18.1. The second-order valence-electron chi connectivity index (χ2n) is 6.73. The number of nitrogens with zero attached hydrogens (tertiary/aromatic N) is 3. The van der Waals surface area contributed by atoms with Gasteiger partial charge >= 0.3 is 6.09 Å². The van der Waals surface area contributed by atoms with Crippen LogP contribution in [0.2, 0.25) is 0 Å². The predicted octanol–water partition coefficient (Wildman–Crippen LogP) is 2.37. The van der Waals surface area contributed by atoms with E-state index in [2.05, 4.69) is 10.3 Å². The highest BCUT2D eigenvalue weighted by molar-refractivity contribution is 5.67. The van der Waals surface area contributed by atoms with Gasteiger partial charge in [0.2, 0.25) is 0 Å². The van der Waals surface area contributed by atoms with E-state index in [1.165, 1.54) is 46.1 Å². The van der Waals surface area contributed by atoms with Gasteiger partial charge in [-0.3, -0.25) is 15.4 Å². The van der Waals surface area contributed by atoms with Crippen molar-refractivity contribution in [2.24, 2.45) is 5.92 Å². The minimum Gasteiger partial charge on any atom is -0.445 e. The normalized spacial score (nSPS) is 18.9. The van der Waals surface area contributed by atoms with Crippen LogP contribution < -0.4 is 10.8 Å². The van der Waals surface area contributed by atoms with Gasteiger partial charge in [0.05, 0.1) is 12.9 Å². The first-order chi connectivity index (χ1) is 14.0. The van der Waals surface area contributed by atoms with Gasteiger partial charge in [-0.2, -0.15) is 0 Å². The Morgan fingerprint density at radius 2 is 2.14 bits per heavy atom. The molecule has 10 heteroatoms. The number of carbonyl (C=O) groups excluding carboxylic acids is 1. The van der Waals surface area contributed by atoms with Crippen molar-refractivity contribution in [3.63, 3.8) is 0 Å². The van der Waals surface area contributed by atoms with Crippen LogP contribution in [-0.2, 0) is 11.3 Å². The summed E-state index contributed by atoms with van der Waals surface area (Å²) in [6, 6.07) is 5.62. The third kappa shape index (κ3) is 5.15. The lowest BCUT2D eigenvalue weighted by atomic mass is 9.95. The molecule has 3 rings (SSSR count). The van der Waals surface area contributed by atoms with Crippen LogP contribution in [0.15, 0.2) is 36.7 Å². The number of carbonyl (C=O) groups is 1. The fourth-order valence-corrected chi connectivity index (χ4v) is 3.07. The molecule has 8 nitrogen and oxygen atoms in total. The molecule has 0 aliphatic carbocycles. The molecular formula is C19H22F2N6O2. The number of ether oxygens (including phenoxy) is 1. The quantitative estimate of drug-likeness (QED) is 0.507. The molecule has 1 aliphatic rings. The Bertz CT molecular complexity index is 918. The zero-order valence-corrected chi connectivity index (χ0v) is 15.6. The molecule has 2 aromatic rings. The molecule has 0 radical (unpaired) electrons. The second kappa shape index (κ2) is 9.26. The zero-order chi connectivity index (χ0) is 20.8. The summed E-state index contributed by atoms with van der Waals surface area (Å²) in [4.78, 5) is 17.5. The maximum Gasteiger partial charge on any atom is 0.410 e. The highest BCUT2D eigenvalue weighted by Gasteiger charge is 2.32. The third-order valence-electron chi connectivity index (χ3n) is 4.79. The van der Waals surface area contributed by atoms with E-state index in [1.807, 2.05) is 0 Å². The standard InChI is InChI=1S/C19H22F2N6O2/c20-15-3-1-13(2-4-15)11-29-19(28)26-7-5-14(16(21)10-26)9-25-18-17(23)27(12-22)8-6-24-18/h1-4,6,8,12,14,16,22-23H,5,7,9-11H2,(H,24,25)/t14-,16-/m1/s1. The fraction of sp³-hybridized carbons (Fsp3) is 0.368. The largest absolute Gasteiger partial charge is 0.445 e. The monoisotopic (exact) mass is 404 g/mol. The highest BCUT2D eigenvalue weighted by atomic mass is 19.1. The average molecular weight is 404 g/mol. The molecule has 2 heterocycles. The summed E-state index contributed by atoms with van der Waals surface area (Å²) in [7, 11) is 0. The Morgan fingerprint density at radius 1 is 1.38 bits per heavy atom. The van der Waals surface area contributed by atoms with Crippen LogP contribution in [0.3, 0.4) is 0 Å². The lowest BCUT2D eigenvalue weighted by molar-refractivity contribution is 0.0544. The molecule has 0 saturated carbocycles. The SMILES string of the molecule is N=Cn1ccnc(NC[C@H]2CCN(C(=O)OCc3ccc(F)cc3)C[C@H]2F)c1=N. The van der Waals surface area contributed by atoms with E-state index < -0.39 is 12.3 Å². The number of hydrogen-bond donors (Lipinski definition) is 3. The minimum absolute atomic E-state index is 0.00345. The summed E-state index contributed by atoms with van der Waals surface area (Å²) >= 11 is 0. The van der Waals surface area contributed by atoms with Crippen LogP contribution >= 0.6 is 0 Å². The Kier molecular flexibility index (Phi) is 6.53. The number of benzene rings is 1. The molecule has 1 saturated heterocycles. The molecule has 3 N–H and O–H groups in total. The van der Waals surface area contributed by atoms with Gasteiger partial charge in [0.15, 0.2) is 11.3 Å². The van der Waals surface area contributed by atoms with Crippen LogP contribution in [0.5, 0.6) is 0 Å². The van der Waals surface area contributed by atoms with E-state index in [-0.39, 0.29) is 42.7 Å². The van der Waals surface area contributed by atoms with Gasteiger partial charge in [-0.1, -0.05) is 12.1 Å². The zero-order valence-electron chi connectivity index (χ0n) is 15.6. The van der Waals surface area contributed by atoms with Gasteiger partial charge in [0, 0.05) is 31.4 Å². The van der Waals surface area contributed by atoms with Gasteiger partial charge < -0.3 is 15.0 Å². The van der Waals surface area contributed by atoms with Crippen LogP contribution in [0, 0.1) is 22.6 Å². The van der Waals surface area contributed by atoms with Gasteiger partial charge in [-0.15, -0.1) is 0 Å². The number of hydrogen-bond acceptors (Lipinski definition) is 6. The highest BCUT2D eigenvalue weighted by Crippen LogP contribution is 2.21. The second-order valence-corrected chi connectivity index (χ2v) is 6.73. The Balaban J connectivity index is 1.48. The first kappa shape index (κ1) is 20.4. The van der Waals surface area contributed by atoms with Crippen molar-refractivity contribution in [2.75, 3.05) is 25.0 Å². The molecule has 1 aliphatic heterocycles. The number of likely N-dealkylation sites (tertiary alicyclic amines) is 1. The number of rotatable bonds is 6. The summed E-state index contributed by atoms with van der Waals surface area (Å²) in [5.41, 5.74) is 0.666. The van der Waals surface area contributed by atoms with E-state index in [0.717, 1.165) is 6.34 Å². The first-order valence-corrected chi connectivity index (χ1v) is 9.14. The summed E-state index contributed by atoms with van der Waals surface area (Å²) < 4.78 is 33.9. The lowest BCUT2D eigenvalue weighted by Gasteiger charge is -2.34. The van der Waals surface area contributed by atoms with Crippen molar-refractivity contribution < 1.29 is 18.3 Å². The van der Waals surface area contributed by atoms with Crippen molar-refractivity contribution in [3.05, 3.63) is 53.5 Å².